The number of alkyl halides is 1. The fraction of sp³-hybridized carbons (Fsp3) is 0.500. The Morgan fingerprint density at radius 1 is 1.31 bits per heavy atom. The third-order valence-electron chi connectivity index (χ3n) is 2.49. The number of ether oxygens (including phenoxy) is 1. The summed E-state index contributed by atoms with van der Waals surface area (Å²) in [5.74, 6) is -0.386. The quantitative estimate of drug-likeness (QED) is 0.745. The molecule has 0 bridgehead atoms. The van der Waals surface area contributed by atoms with Crippen LogP contribution in [0, 0.1) is 23.5 Å². The third-order valence-corrected chi connectivity index (χ3v) is 3.32. The fourth-order valence-corrected chi connectivity index (χ4v) is 2.14. The molecule has 1 rings (SSSR count). The van der Waals surface area contributed by atoms with Gasteiger partial charge in [-0.3, -0.25) is 0 Å². The van der Waals surface area contributed by atoms with Gasteiger partial charge in [-0.1, -0.05) is 29.8 Å². The van der Waals surface area contributed by atoms with Crippen molar-refractivity contribution in [3.8, 4) is 5.75 Å². The summed E-state index contributed by atoms with van der Waals surface area (Å²) >= 11 is 3.39. The molecule has 1 aromatic rings. The Kier molecular flexibility index (Phi) is 5.19. The molecule has 0 aromatic heterocycles. The Morgan fingerprint density at radius 2 is 2.00 bits per heavy atom. The van der Waals surface area contributed by atoms with Crippen LogP contribution in [0.3, 0.4) is 0 Å². The molecule has 0 aliphatic heterocycles. The second-order valence-electron chi connectivity index (χ2n) is 4.04. The highest BCUT2D eigenvalue weighted by molar-refractivity contribution is 9.09. The molecule has 16 heavy (non-hydrogen) atoms. The van der Waals surface area contributed by atoms with Crippen molar-refractivity contribution in [2.75, 3.05) is 11.9 Å². The topological polar surface area (TPSA) is 9.23 Å². The van der Waals surface area contributed by atoms with Gasteiger partial charge in [0.15, 0.2) is 11.6 Å². The summed E-state index contributed by atoms with van der Waals surface area (Å²) in [5, 5.41) is 0.799. The molecular weight excluding hydrogens is 278 g/mol. The zero-order chi connectivity index (χ0) is 12.1. The largest absolute Gasteiger partial charge is 0.490 e. The maximum absolute atomic E-state index is 13.2. The van der Waals surface area contributed by atoms with E-state index in [1.54, 1.807) is 0 Å². The van der Waals surface area contributed by atoms with E-state index in [2.05, 4.69) is 29.8 Å². The molecule has 0 N–H and O–H groups in total. The van der Waals surface area contributed by atoms with Crippen molar-refractivity contribution in [2.45, 2.75) is 13.8 Å². The van der Waals surface area contributed by atoms with E-state index >= 15 is 0 Å². The lowest BCUT2D eigenvalue weighted by Gasteiger charge is -2.18. The first-order valence-electron chi connectivity index (χ1n) is 5.18. The minimum atomic E-state index is -0.655. The van der Waals surface area contributed by atoms with Crippen LogP contribution in [0.1, 0.15) is 13.8 Å². The van der Waals surface area contributed by atoms with Gasteiger partial charge in [-0.25, -0.2) is 8.78 Å². The van der Waals surface area contributed by atoms with Gasteiger partial charge in [-0.15, -0.1) is 0 Å². The number of hydrogen-bond donors (Lipinski definition) is 0. The van der Waals surface area contributed by atoms with Gasteiger partial charge in [0.2, 0.25) is 0 Å². The van der Waals surface area contributed by atoms with Crippen molar-refractivity contribution in [3.63, 3.8) is 0 Å². The molecule has 0 radical (unpaired) electrons. The van der Waals surface area contributed by atoms with Gasteiger partial charge in [-0.05, 0) is 18.1 Å². The van der Waals surface area contributed by atoms with Gasteiger partial charge in [-0.2, -0.15) is 0 Å². The van der Waals surface area contributed by atoms with E-state index in [9.17, 15) is 8.78 Å². The summed E-state index contributed by atoms with van der Waals surface area (Å²) in [6.45, 7) is 4.58. The predicted octanol–water partition coefficient (Wildman–Crippen LogP) is 4.01. The zero-order valence-corrected chi connectivity index (χ0v) is 10.9. The number of rotatable bonds is 5. The minimum Gasteiger partial charge on any atom is -0.490 e. The van der Waals surface area contributed by atoms with Crippen LogP contribution < -0.4 is 4.74 Å². The molecule has 1 atom stereocenters. The lowest BCUT2D eigenvalue weighted by Crippen LogP contribution is -2.19. The Balaban J connectivity index is 2.60. The molecule has 0 amide bonds. The summed E-state index contributed by atoms with van der Waals surface area (Å²) in [7, 11) is 0. The number of benzene rings is 1. The molecular formula is C12H15BrF2O. The van der Waals surface area contributed by atoms with Crippen LogP contribution >= 0.6 is 15.9 Å². The standard InChI is InChI=1S/C12H15BrF2O/c1-8(2)9(6-13)7-16-12-4-3-10(14)5-11(12)15/h3-5,8-9H,6-7H2,1-2H3. The molecule has 0 aliphatic carbocycles. The van der Waals surface area contributed by atoms with Crippen molar-refractivity contribution in [1.29, 1.82) is 0 Å². The van der Waals surface area contributed by atoms with Crippen LogP contribution in [0.2, 0.25) is 0 Å². The molecule has 0 saturated carbocycles. The SMILES string of the molecule is CC(C)C(CBr)COc1ccc(F)cc1F. The molecule has 0 fully saturated rings. The van der Waals surface area contributed by atoms with Crippen molar-refractivity contribution >= 4 is 15.9 Å². The van der Waals surface area contributed by atoms with E-state index in [-0.39, 0.29) is 5.75 Å². The highest BCUT2D eigenvalue weighted by atomic mass is 79.9. The Labute approximate surface area is 103 Å². The molecule has 1 unspecified atom stereocenters. The van der Waals surface area contributed by atoms with E-state index in [0.29, 0.717) is 18.4 Å². The van der Waals surface area contributed by atoms with Crippen molar-refractivity contribution in [1.82, 2.24) is 0 Å². The molecule has 1 aromatic carbocycles. The molecule has 0 saturated heterocycles. The summed E-state index contributed by atoms with van der Waals surface area (Å²) in [6, 6.07) is 3.33. The van der Waals surface area contributed by atoms with Crippen molar-refractivity contribution in [3.05, 3.63) is 29.8 Å². The highest BCUT2D eigenvalue weighted by Gasteiger charge is 2.14. The van der Waals surface area contributed by atoms with Gasteiger partial charge in [0.1, 0.15) is 5.82 Å². The Hall–Kier alpha value is -0.640. The van der Waals surface area contributed by atoms with Gasteiger partial charge < -0.3 is 4.74 Å². The van der Waals surface area contributed by atoms with Gasteiger partial charge >= 0.3 is 0 Å². The van der Waals surface area contributed by atoms with Crippen LogP contribution in [-0.2, 0) is 0 Å². The van der Waals surface area contributed by atoms with Crippen molar-refractivity contribution < 1.29 is 13.5 Å². The molecule has 1 nitrogen and oxygen atoms in total. The summed E-state index contributed by atoms with van der Waals surface area (Å²) < 4.78 is 31.2. The van der Waals surface area contributed by atoms with E-state index in [4.69, 9.17) is 4.74 Å². The van der Waals surface area contributed by atoms with Crippen molar-refractivity contribution in [2.24, 2.45) is 11.8 Å². The van der Waals surface area contributed by atoms with Crippen LogP contribution in [0.4, 0.5) is 8.78 Å². The lowest BCUT2D eigenvalue weighted by molar-refractivity contribution is 0.219. The molecule has 4 heteroatoms. The maximum atomic E-state index is 13.2. The number of halogens is 3. The molecule has 0 spiro atoms. The van der Waals surface area contributed by atoms with E-state index in [1.807, 2.05) is 0 Å². The van der Waals surface area contributed by atoms with E-state index in [1.165, 1.54) is 12.1 Å². The summed E-state index contributed by atoms with van der Waals surface area (Å²) in [5.41, 5.74) is 0. The monoisotopic (exact) mass is 292 g/mol. The zero-order valence-electron chi connectivity index (χ0n) is 9.34. The Morgan fingerprint density at radius 3 is 2.50 bits per heavy atom. The molecule has 0 aliphatic rings. The predicted molar refractivity (Wildman–Crippen MR) is 64.0 cm³/mol. The van der Waals surface area contributed by atoms with E-state index in [0.717, 1.165) is 11.4 Å². The average molecular weight is 293 g/mol. The maximum Gasteiger partial charge on any atom is 0.167 e. The number of hydrogen-bond acceptors (Lipinski definition) is 1. The second kappa shape index (κ2) is 6.18. The first-order valence-corrected chi connectivity index (χ1v) is 6.30. The highest BCUT2D eigenvalue weighted by Crippen LogP contribution is 2.20. The normalized spacial score (nSPS) is 12.9. The summed E-state index contributed by atoms with van der Waals surface area (Å²) in [4.78, 5) is 0. The first-order chi connectivity index (χ1) is 7.54. The average Bonchev–Trinajstić information content (AvgIpc) is 2.21. The van der Waals surface area contributed by atoms with Crippen LogP contribution in [0.15, 0.2) is 18.2 Å². The van der Waals surface area contributed by atoms with Gasteiger partial charge in [0.25, 0.3) is 0 Å². The van der Waals surface area contributed by atoms with Crippen LogP contribution in [0.25, 0.3) is 0 Å². The summed E-state index contributed by atoms with van der Waals surface area (Å²) in [6.07, 6.45) is 0. The van der Waals surface area contributed by atoms with Crippen LogP contribution in [0.5, 0.6) is 5.75 Å². The van der Waals surface area contributed by atoms with Gasteiger partial charge in [0, 0.05) is 17.3 Å². The smallest absolute Gasteiger partial charge is 0.167 e. The first kappa shape index (κ1) is 13.4. The third kappa shape index (κ3) is 3.74. The lowest BCUT2D eigenvalue weighted by atomic mass is 9.99. The van der Waals surface area contributed by atoms with Crippen LogP contribution in [-0.4, -0.2) is 11.9 Å². The Bertz CT molecular complexity index is 342. The minimum absolute atomic E-state index is 0.105. The second-order valence-corrected chi connectivity index (χ2v) is 4.69. The molecule has 0 heterocycles. The molecule has 90 valence electrons. The van der Waals surface area contributed by atoms with E-state index < -0.39 is 11.6 Å². The van der Waals surface area contributed by atoms with Gasteiger partial charge in [0.05, 0.1) is 6.61 Å². The fourth-order valence-electron chi connectivity index (χ4n) is 1.20.